The smallest absolute Gasteiger partial charge is 0.323 e. The van der Waals surface area contributed by atoms with Crippen LogP contribution in [0.2, 0.25) is 0 Å². The van der Waals surface area contributed by atoms with E-state index in [2.05, 4.69) is 34.2 Å². The van der Waals surface area contributed by atoms with Crippen LogP contribution in [0.15, 0.2) is 45.7 Å². The Morgan fingerprint density at radius 1 is 1.00 bits per heavy atom. The van der Waals surface area contributed by atoms with Gasteiger partial charge in [-0.3, -0.25) is 4.98 Å². The summed E-state index contributed by atoms with van der Waals surface area (Å²) in [6, 6.07) is 12.2. The van der Waals surface area contributed by atoms with E-state index < -0.39 is 0 Å². The number of pyridine rings is 1. The number of benzene rings is 2. The van der Waals surface area contributed by atoms with Gasteiger partial charge in [0.2, 0.25) is 0 Å². The van der Waals surface area contributed by atoms with Crippen LogP contribution >= 0.6 is 0 Å². The Hall–Kier alpha value is -3.67. The van der Waals surface area contributed by atoms with Gasteiger partial charge in [0.05, 0.1) is 22.2 Å². The van der Waals surface area contributed by atoms with E-state index in [0.29, 0.717) is 0 Å². The van der Waals surface area contributed by atoms with Crippen molar-refractivity contribution in [2.75, 3.05) is 0 Å². The van der Waals surface area contributed by atoms with Crippen molar-refractivity contribution < 1.29 is 4.52 Å². The van der Waals surface area contributed by atoms with Gasteiger partial charge < -0.3 is 14.5 Å². The first-order valence-electron chi connectivity index (χ1n) is 10.1. The maximum absolute atomic E-state index is 12.2. The molecule has 0 bridgehead atoms. The summed E-state index contributed by atoms with van der Waals surface area (Å²) in [7, 11) is 0. The quantitative estimate of drug-likeness (QED) is 0.436. The fraction of sp³-hybridized carbons (Fsp3) is 0.208. The Morgan fingerprint density at radius 3 is 2.53 bits per heavy atom. The maximum Gasteiger partial charge on any atom is 0.323 e. The molecular weight excluding hydrogens is 376 g/mol. The Labute approximate surface area is 173 Å². The van der Waals surface area contributed by atoms with E-state index in [9.17, 15) is 4.79 Å². The molecule has 5 rings (SSSR count). The molecule has 0 aliphatic rings. The zero-order chi connectivity index (χ0) is 21.0. The lowest BCUT2D eigenvalue weighted by Gasteiger charge is -2.16. The van der Waals surface area contributed by atoms with E-state index in [4.69, 9.17) is 9.51 Å². The number of hydrogen-bond donors (Lipinski definition) is 2. The minimum atomic E-state index is -0.227. The molecule has 0 aliphatic heterocycles. The number of hydrogen-bond acceptors (Lipinski definition) is 4. The number of nitrogens with one attached hydrogen (secondary N) is 2. The summed E-state index contributed by atoms with van der Waals surface area (Å²) in [6.45, 7) is 8.02. The number of aromatic nitrogens is 4. The summed E-state index contributed by atoms with van der Waals surface area (Å²) in [5.74, 6) is 0.752. The lowest BCUT2D eigenvalue weighted by molar-refractivity contribution is 0.393. The van der Waals surface area contributed by atoms with Crippen molar-refractivity contribution in [2.24, 2.45) is 0 Å². The summed E-state index contributed by atoms with van der Waals surface area (Å²) in [4.78, 5) is 23.0. The van der Waals surface area contributed by atoms with Crippen molar-refractivity contribution in [3.8, 4) is 22.3 Å². The molecule has 0 amide bonds. The fourth-order valence-electron chi connectivity index (χ4n) is 4.49. The lowest BCUT2D eigenvalue weighted by Crippen LogP contribution is -2.00. The summed E-state index contributed by atoms with van der Waals surface area (Å²) in [5.41, 5.74) is 9.25. The van der Waals surface area contributed by atoms with E-state index >= 15 is 0 Å². The number of imidazole rings is 1. The van der Waals surface area contributed by atoms with Gasteiger partial charge in [-0.2, -0.15) is 0 Å². The largest absolute Gasteiger partial charge is 0.361 e. The molecule has 0 saturated carbocycles. The molecule has 6 nitrogen and oxygen atoms in total. The summed E-state index contributed by atoms with van der Waals surface area (Å²) in [6.07, 6.45) is 0.838. The van der Waals surface area contributed by atoms with Crippen LogP contribution < -0.4 is 5.69 Å². The predicted molar refractivity (Wildman–Crippen MR) is 119 cm³/mol. The molecule has 0 aliphatic carbocycles. The third-order valence-electron chi connectivity index (χ3n) is 5.77. The molecule has 3 heterocycles. The van der Waals surface area contributed by atoms with Crippen molar-refractivity contribution >= 4 is 21.9 Å². The molecule has 30 heavy (non-hydrogen) atoms. The van der Waals surface area contributed by atoms with Crippen LogP contribution in [0.1, 0.15) is 29.6 Å². The first kappa shape index (κ1) is 18.4. The molecule has 0 radical (unpaired) electrons. The van der Waals surface area contributed by atoms with Gasteiger partial charge in [0, 0.05) is 22.2 Å². The third kappa shape index (κ3) is 2.68. The average molecular weight is 398 g/mol. The molecule has 2 N–H and O–H groups in total. The first-order valence-corrected chi connectivity index (χ1v) is 10.1. The Balaban J connectivity index is 1.96. The SMILES string of the molecule is CCc1c(C)nc2ccccc2c1-c1cc(-c2c(C)noc2C)cc2[nH]c(=O)[nH]c12. The highest BCUT2D eigenvalue weighted by Gasteiger charge is 2.20. The minimum absolute atomic E-state index is 0.227. The maximum atomic E-state index is 12.2. The number of nitrogens with zero attached hydrogens (tertiary/aromatic N) is 2. The third-order valence-corrected chi connectivity index (χ3v) is 5.77. The lowest BCUT2D eigenvalue weighted by atomic mass is 9.90. The Kier molecular flexibility index (Phi) is 4.10. The standard InChI is InChI=1S/C24H22N4O2/c1-5-16-12(2)25-19-9-7-6-8-17(19)22(16)18-10-15(21-13(3)28-30-14(21)4)11-20-23(18)27-24(29)26-20/h6-11H,5H2,1-4H3,(H2,26,27,29). The van der Waals surface area contributed by atoms with Gasteiger partial charge >= 0.3 is 5.69 Å². The molecule has 0 saturated heterocycles. The van der Waals surface area contributed by atoms with Crippen LogP contribution in [0.25, 0.3) is 44.2 Å². The number of H-pyrrole nitrogens is 2. The molecule has 150 valence electrons. The second-order valence-corrected chi connectivity index (χ2v) is 7.65. The number of para-hydroxylation sites is 1. The molecule has 5 aromatic rings. The van der Waals surface area contributed by atoms with Crippen LogP contribution in [0.3, 0.4) is 0 Å². The molecule has 2 aromatic carbocycles. The number of aromatic amines is 2. The average Bonchev–Trinajstić information content (AvgIpc) is 3.26. The van der Waals surface area contributed by atoms with Gasteiger partial charge in [-0.05, 0) is 62.1 Å². The highest BCUT2D eigenvalue weighted by Crippen LogP contribution is 2.39. The van der Waals surface area contributed by atoms with Crippen molar-refractivity contribution in [2.45, 2.75) is 34.1 Å². The van der Waals surface area contributed by atoms with Crippen LogP contribution in [0.5, 0.6) is 0 Å². The zero-order valence-electron chi connectivity index (χ0n) is 17.4. The Bertz CT molecular complexity index is 1470. The first-order chi connectivity index (χ1) is 14.5. The van der Waals surface area contributed by atoms with E-state index in [0.717, 1.165) is 67.8 Å². The zero-order valence-corrected chi connectivity index (χ0v) is 17.4. The van der Waals surface area contributed by atoms with Gasteiger partial charge in [0.25, 0.3) is 0 Å². The highest BCUT2D eigenvalue weighted by molar-refractivity contribution is 6.05. The number of fused-ring (bicyclic) bond motifs is 2. The highest BCUT2D eigenvalue weighted by atomic mass is 16.5. The van der Waals surface area contributed by atoms with E-state index in [-0.39, 0.29) is 5.69 Å². The van der Waals surface area contributed by atoms with Crippen molar-refractivity contribution in [3.63, 3.8) is 0 Å². The fourth-order valence-corrected chi connectivity index (χ4v) is 4.49. The number of rotatable bonds is 3. The van der Waals surface area contributed by atoms with Crippen LogP contribution in [-0.2, 0) is 6.42 Å². The molecule has 0 unspecified atom stereocenters. The summed E-state index contributed by atoms with van der Waals surface area (Å²) >= 11 is 0. The van der Waals surface area contributed by atoms with Crippen LogP contribution in [0.4, 0.5) is 0 Å². The van der Waals surface area contributed by atoms with Gasteiger partial charge in [0.15, 0.2) is 0 Å². The van der Waals surface area contributed by atoms with Crippen LogP contribution in [0, 0.1) is 20.8 Å². The normalized spacial score (nSPS) is 11.6. The minimum Gasteiger partial charge on any atom is -0.361 e. The molecule has 3 aromatic heterocycles. The second kappa shape index (κ2) is 6.69. The second-order valence-electron chi connectivity index (χ2n) is 7.65. The van der Waals surface area contributed by atoms with Gasteiger partial charge in [-0.1, -0.05) is 30.3 Å². The monoisotopic (exact) mass is 398 g/mol. The Morgan fingerprint density at radius 2 is 1.80 bits per heavy atom. The van der Waals surface area contributed by atoms with Crippen molar-refractivity contribution in [3.05, 3.63) is 69.6 Å². The topological polar surface area (TPSA) is 87.6 Å². The van der Waals surface area contributed by atoms with E-state index in [1.807, 2.05) is 45.0 Å². The number of aryl methyl sites for hydroxylation is 3. The van der Waals surface area contributed by atoms with Gasteiger partial charge in [-0.25, -0.2) is 4.79 Å². The van der Waals surface area contributed by atoms with Crippen molar-refractivity contribution in [1.82, 2.24) is 20.1 Å². The molecule has 0 spiro atoms. The van der Waals surface area contributed by atoms with Crippen LogP contribution in [-0.4, -0.2) is 20.1 Å². The summed E-state index contributed by atoms with van der Waals surface area (Å²) < 4.78 is 5.41. The van der Waals surface area contributed by atoms with Crippen molar-refractivity contribution in [1.29, 1.82) is 0 Å². The molecular formula is C24H22N4O2. The van der Waals surface area contributed by atoms with Gasteiger partial charge in [0.1, 0.15) is 5.76 Å². The van der Waals surface area contributed by atoms with Gasteiger partial charge in [-0.15, -0.1) is 0 Å². The molecule has 0 fully saturated rings. The van der Waals surface area contributed by atoms with E-state index in [1.54, 1.807) is 0 Å². The molecule has 6 heteroatoms. The predicted octanol–water partition coefficient (Wildman–Crippen LogP) is 5.21. The summed E-state index contributed by atoms with van der Waals surface area (Å²) in [5, 5.41) is 5.18. The van der Waals surface area contributed by atoms with E-state index in [1.165, 1.54) is 5.56 Å². The molecule has 0 atom stereocenters.